The molecule has 0 amide bonds. The molecule has 0 aromatic rings. The molecule has 0 aromatic carbocycles. The van der Waals surface area contributed by atoms with Gasteiger partial charge in [-0.25, -0.2) is 0 Å². The van der Waals surface area contributed by atoms with Crippen LogP contribution in [0.2, 0.25) is 0 Å². The molecule has 1 aliphatic heterocycles. The number of hydrogen-bond acceptors (Lipinski definition) is 2. The standard InChI is InChI=1S/C15H29NO/c1-4-16-7-5-15(17,6-8-16)14-10-12(2)9-13(3)11-14/h12-14,17H,4-11H2,1-3H3. The summed E-state index contributed by atoms with van der Waals surface area (Å²) >= 11 is 0. The SMILES string of the molecule is CCN1CCC(O)(C2CC(C)CC(C)C2)CC1. The van der Waals surface area contributed by atoms with E-state index < -0.39 is 0 Å². The molecule has 1 saturated heterocycles. The summed E-state index contributed by atoms with van der Waals surface area (Å²) in [5.41, 5.74) is -0.353. The Labute approximate surface area is 106 Å². The van der Waals surface area contributed by atoms with Crippen LogP contribution in [0.5, 0.6) is 0 Å². The number of nitrogens with zero attached hydrogens (tertiary/aromatic N) is 1. The largest absolute Gasteiger partial charge is 0.390 e. The van der Waals surface area contributed by atoms with Crippen LogP contribution < -0.4 is 0 Å². The lowest BCUT2D eigenvalue weighted by molar-refractivity contribution is -0.0876. The highest BCUT2D eigenvalue weighted by molar-refractivity contribution is 4.94. The van der Waals surface area contributed by atoms with E-state index in [1.165, 1.54) is 19.3 Å². The molecule has 2 nitrogen and oxygen atoms in total. The minimum absolute atomic E-state index is 0.353. The quantitative estimate of drug-likeness (QED) is 0.801. The molecule has 2 atom stereocenters. The van der Waals surface area contributed by atoms with E-state index in [2.05, 4.69) is 25.7 Å². The van der Waals surface area contributed by atoms with Crippen molar-refractivity contribution in [1.82, 2.24) is 4.90 Å². The van der Waals surface area contributed by atoms with Crippen molar-refractivity contribution in [2.75, 3.05) is 19.6 Å². The van der Waals surface area contributed by atoms with Crippen molar-refractivity contribution >= 4 is 0 Å². The fourth-order valence-electron chi connectivity index (χ4n) is 4.05. The molecular formula is C15H29NO. The van der Waals surface area contributed by atoms with Gasteiger partial charge in [0, 0.05) is 13.1 Å². The van der Waals surface area contributed by atoms with Crippen LogP contribution >= 0.6 is 0 Å². The van der Waals surface area contributed by atoms with E-state index in [1.54, 1.807) is 0 Å². The Balaban J connectivity index is 1.96. The van der Waals surface area contributed by atoms with Crippen LogP contribution in [0.15, 0.2) is 0 Å². The zero-order valence-corrected chi connectivity index (χ0v) is 11.8. The van der Waals surface area contributed by atoms with Crippen LogP contribution in [-0.2, 0) is 0 Å². The van der Waals surface area contributed by atoms with Gasteiger partial charge in [-0.05, 0) is 56.4 Å². The zero-order valence-electron chi connectivity index (χ0n) is 11.8. The second-order valence-corrected chi connectivity index (χ2v) is 6.65. The van der Waals surface area contributed by atoms with Crippen LogP contribution in [0.3, 0.4) is 0 Å². The molecule has 17 heavy (non-hydrogen) atoms. The monoisotopic (exact) mass is 239 g/mol. The molecule has 2 heteroatoms. The van der Waals surface area contributed by atoms with Crippen molar-refractivity contribution in [3.8, 4) is 0 Å². The molecule has 0 radical (unpaired) electrons. The second kappa shape index (κ2) is 5.27. The first-order valence-corrected chi connectivity index (χ1v) is 7.48. The van der Waals surface area contributed by atoms with Crippen molar-refractivity contribution in [1.29, 1.82) is 0 Å². The second-order valence-electron chi connectivity index (χ2n) is 6.65. The Morgan fingerprint density at radius 3 is 2.06 bits per heavy atom. The molecule has 2 aliphatic rings. The number of hydrogen-bond donors (Lipinski definition) is 1. The lowest BCUT2D eigenvalue weighted by atomic mass is 9.67. The van der Waals surface area contributed by atoms with Gasteiger partial charge in [-0.1, -0.05) is 20.8 Å². The third kappa shape index (κ3) is 3.03. The number of likely N-dealkylation sites (tertiary alicyclic amines) is 1. The molecular weight excluding hydrogens is 210 g/mol. The third-order valence-corrected chi connectivity index (χ3v) is 5.11. The lowest BCUT2D eigenvalue weighted by Gasteiger charge is -2.46. The molecule has 1 heterocycles. The highest BCUT2D eigenvalue weighted by atomic mass is 16.3. The smallest absolute Gasteiger partial charge is 0.0700 e. The summed E-state index contributed by atoms with van der Waals surface area (Å²) in [6.45, 7) is 10.2. The molecule has 2 rings (SSSR count). The van der Waals surface area contributed by atoms with E-state index in [0.29, 0.717) is 5.92 Å². The molecule has 0 bridgehead atoms. The molecule has 0 aromatic heterocycles. The van der Waals surface area contributed by atoms with Gasteiger partial charge in [0.1, 0.15) is 0 Å². The average Bonchev–Trinajstić information content (AvgIpc) is 2.29. The Hall–Kier alpha value is -0.0800. The predicted octanol–water partition coefficient (Wildman–Crippen LogP) is 2.91. The Morgan fingerprint density at radius 2 is 1.59 bits per heavy atom. The number of piperidine rings is 1. The van der Waals surface area contributed by atoms with E-state index in [4.69, 9.17) is 0 Å². The van der Waals surface area contributed by atoms with Gasteiger partial charge in [0.05, 0.1) is 5.60 Å². The van der Waals surface area contributed by atoms with Crippen LogP contribution in [0, 0.1) is 17.8 Å². The van der Waals surface area contributed by atoms with Crippen molar-refractivity contribution in [2.45, 2.75) is 58.5 Å². The third-order valence-electron chi connectivity index (χ3n) is 5.11. The summed E-state index contributed by atoms with van der Waals surface area (Å²) in [6, 6.07) is 0. The molecule has 1 aliphatic carbocycles. The average molecular weight is 239 g/mol. The Kier molecular flexibility index (Phi) is 4.14. The van der Waals surface area contributed by atoms with Crippen molar-refractivity contribution in [2.24, 2.45) is 17.8 Å². The molecule has 2 fully saturated rings. The summed E-state index contributed by atoms with van der Waals surface area (Å²) < 4.78 is 0. The van der Waals surface area contributed by atoms with Crippen LogP contribution in [-0.4, -0.2) is 35.2 Å². The van der Waals surface area contributed by atoms with Crippen molar-refractivity contribution < 1.29 is 5.11 Å². The maximum absolute atomic E-state index is 10.9. The highest BCUT2D eigenvalue weighted by Gasteiger charge is 2.42. The van der Waals surface area contributed by atoms with E-state index in [-0.39, 0.29) is 5.60 Å². The molecule has 100 valence electrons. The maximum Gasteiger partial charge on any atom is 0.0700 e. The van der Waals surface area contributed by atoms with Crippen LogP contribution in [0.4, 0.5) is 0 Å². The summed E-state index contributed by atoms with van der Waals surface area (Å²) in [5, 5.41) is 10.9. The predicted molar refractivity (Wildman–Crippen MR) is 72.0 cm³/mol. The van der Waals surface area contributed by atoms with Gasteiger partial charge in [-0.15, -0.1) is 0 Å². The molecule has 0 spiro atoms. The zero-order chi connectivity index (χ0) is 12.5. The topological polar surface area (TPSA) is 23.5 Å². The Bertz CT molecular complexity index is 235. The van der Waals surface area contributed by atoms with Gasteiger partial charge >= 0.3 is 0 Å². The van der Waals surface area contributed by atoms with Gasteiger partial charge in [0.25, 0.3) is 0 Å². The van der Waals surface area contributed by atoms with Gasteiger partial charge in [0.15, 0.2) is 0 Å². The van der Waals surface area contributed by atoms with E-state index >= 15 is 0 Å². The summed E-state index contributed by atoms with van der Waals surface area (Å²) in [6.07, 6.45) is 5.82. The fraction of sp³-hybridized carbons (Fsp3) is 1.00. The number of aliphatic hydroxyl groups is 1. The number of rotatable bonds is 2. The minimum atomic E-state index is -0.353. The normalized spacial score (nSPS) is 39.2. The lowest BCUT2D eigenvalue weighted by Crippen LogP contribution is -2.50. The first-order valence-electron chi connectivity index (χ1n) is 7.48. The molecule has 1 N–H and O–H groups in total. The Morgan fingerprint density at radius 1 is 1.06 bits per heavy atom. The minimum Gasteiger partial charge on any atom is -0.390 e. The first kappa shape index (κ1) is 13.4. The first-order chi connectivity index (χ1) is 8.03. The summed E-state index contributed by atoms with van der Waals surface area (Å²) in [5.74, 6) is 2.16. The van der Waals surface area contributed by atoms with Crippen molar-refractivity contribution in [3.05, 3.63) is 0 Å². The highest BCUT2D eigenvalue weighted by Crippen LogP contribution is 2.42. The van der Waals surface area contributed by atoms with Crippen LogP contribution in [0.1, 0.15) is 52.9 Å². The van der Waals surface area contributed by atoms with Gasteiger partial charge in [-0.2, -0.15) is 0 Å². The maximum atomic E-state index is 10.9. The van der Waals surface area contributed by atoms with Crippen molar-refractivity contribution in [3.63, 3.8) is 0 Å². The van der Waals surface area contributed by atoms with Crippen LogP contribution in [0.25, 0.3) is 0 Å². The fourth-order valence-corrected chi connectivity index (χ4v) is 4.05. The summed E-state index contributed by atoms with van der Waals surface area (Å²) in [7, 11) is 0. The van der Waals surface area contributed by atoms with E-state index in [9.17, 15) is 5.11 Å². The summed E-state index contributed by atoms with van der Waals surface area (Å²) in [4.78, 5) is 2.46. The van der Waals surface area contributed by atoms with E-state index in [0.717, 1.165) is 44.3 Å². The van der Waals surface area contributed by atoms with Gasteiger partial charge < -0.3 is 10.0 Å². The van der Waals surface area contributed by atoms with E-state index in [1.807, 2.05) is 0 Å². The molecule has 1 saturated carbocycles. The van der Waals surface area contributed by atoms with Gasteiger partial charge in [0.2, 0.25) is 0 Å². The van der Waals surface area contributed by atoms with Gasteiger partial charge in [-0.3, -0.25) is 0 Å². The molecule has 2 unspecified atom stereocenters.